The molecule has 1 amide bonds. The summed E-state index contributed by atoms with van der Waals surface area (Å²) in [7, 11) is 1.60. The van der Waals surface area contributed by atoms with Gasteiger partial charge in [0.1, 0.15) is 5.75 Å². The van der Waals surface area contributed by atoms with Crippen molar-refractivity contribution in [2.24, 2.45) is 0 Å². The van der Waals surface area contributed by atoms with Gasteiger partial charge in [0, 0.05) is 25.2 Å². The van der Waals surface area contributed by atoms with Crippen LogP contribution in [0, 0.1) is 0 Å². The number of hydrogen-bond donors (Lipinski definition) is 0. The van der Waals surface area contributed by atoms with Crippen molar-refractivity contribution < 1.29 is 9.53 Å². The lowest BCUT2D eigenvalue weighted by atomic mass is 10.2. The van der Waals surface area contributed by atoms with Crippen molar-refractivity contribution in [1.82, 2.24) is 0 Å². The molecule has 0 aliphatic rings. The summed E-state index contributed by atoms with van der Waals surface area (Å²) in [6.45, 7) is 5.66. The quantitative estimate of drug-likeness (QED) is 0.705. The SMILES string of the molecule is C=CCN(C(C)=O)c1cccc(OC)c1. The summed E-state index contributed by atoms with van der Waals surface area (Å²) in [5.74, 6) is 0.728. The highest BCUT2D eigenvalue weighted by Crippen LogP contribution is 2.20. The van der Waals surface area contributed by atoms with E-state index in [9.17, 15) is 4.79 Å². The standard InChI is InChI=1S/C12H15NO2/c1-4-8-13(10(2)14)11-6-5-7-12(9-11)15-3/h4-7,9H,1,8H2,2-3H3. The van der Waals surface area contributed by atoms with Gasteiger partial charge in [-0.2, -0.15) is 0 Å². The molecule has 0 radical (unpaired) electrons. The summed E-state index contributed by atoms with van der Waals surface area (Å²) in [6, 6.07) is 7.39. The highest BCUT2D eigenvalue weighted by atomic mass is 16.5. The Balaban J connectivity index is 2.99. The van der Waals surface area contributed by atoms with E-state index in [1.54, 1.807) is 18.1 Å². The fourth-order valence-electron chi connectivity index (χ4n) is 1.32. The van der Waals surface area contributed by atoms with Gasteiger partial charge in [0.2, 0.25) is 5.91 Å². The van der Waals surface area contributed by atoms with Crippen molar-refractivity contribution in [2.45, 2.75) is 6.92 Å². The van der Waals surface area contributed by atoms with Gasteiger partial charge >= 0.3 is 0 Å². The predicted octanol–water partition coefficient (Wildman–Crippen LogP) is 2.23. The highest BCUT2D eigenvalue weighted by molar-refractivity contribution is 5.91. The molecule has 1 rings (SSSR count). The largest absolute Gasteiger partial charge is 0.497 e. The Hall–Kier alpha value is -1.77. The molecule has 0 aliphatic heterocycles. The minimum Gasteiger partial charge on any atom is -0.497 e. The van der Waals surface area contributed by atoms with Crippen LogP contribution in [0.2, 0.25) is 0 Å². The van der Waals surface area contributed by atoms with Crippen LogP contribution in [-0.4, -0.2) is 19.6 Å². The molecule has 0 bridgehead atoms. The van der Waals surface area contributed by atoms with Crippen LogP contribution < -0.4 is 9.64 Å². The number of amides is 1. The van der Waals surface area contributed by atoms with E-state index in [4.69, 9.17) is 4.74 Å². The summed E-state index contributed by atoms with van der Waals surface area (Å²) < 4.78 is 5.10. The summed E-state index contributed by atoms with van der Waals surface area (Å²) >= 11 is 0. The van der Waals surface area contributed by atoms with Gasteiger partial charge in [0.15, 0.2) is 0 Å². The summed E-state index contributed by atoms with van der Waals surface area (Å²) in [5.41, 5.74) is 0.821. The zero-order valence-electron chi connectivity index (χ0n) is 9.06. The molecule has 1 aromatic rings. The maximum atomic E-state index is 11.4. The third-order valence-electron chi connectivity index (χ3n) is 2.06. The van der Waals surface area contributed by atoms with Gasteiger partial charge in [-0.15, -0.1) is 6.58 Å². The van der Waals surface area contributed by atoms with E-state index in [-0.39, 0.29) is 5.91 Å². The molecule has 0 fully saturated rings. The van der Waals surface area contributed by atoms with Crippen LogP contribution in [0.3, 0.4) is 0 Å². The van der Waals surface area contributed by atoms with Crippen molar-refractivity contribution in [3.05, 3.63) is 36.9 Å². The smallest absolute Gasteiger partial charge is 0.224 e. The van der Waals surface area contributed by atoms with Gasteiger partial charge in [0.25, 0.3) is 0 Å². The predicted molar refractivity (Wildman–Crippen MR) is 61.2 cm³/mol. The van der Waals surface area contributed by atoms with Crippen LogP contribution in [0.5, 0.6) is 5.75 Å². The summed E-state index contributed by atoms with van der Waals surface area (Å²) in [6.07, 6.45) is 1.70. The fraction of sp³-hybridized carbons (Fsp3) is 0.250. The summed E-state index contributed by atoms with van der Waals surface area (Å²) in [4.78, 5) is 13.0. The average molecular weight is 205 g/mol. The highest BCUT2D eigenvalue weighted by Gasteiger charge is 2.09. The second-order valence-electron chi connectivity index (χ2n) is 3.12. The lowest BCUT2D eigenvalue weighted by molar-refractivity contribution is -0.116. The fourth-order valence-corrected chi connectivity index (χ4v) is 1.32. The molecular weight excluding hydrogens is 190 g/mol. The van der Waals surface area contributed by atoms with Crippen molar-refractivity contribution in [1.29, 1.82) is 0 Å². The number of nitrogens with zero attached hydrogens (tertiary/aromatic N) is 1. The molecule has 15 heavy (non-hydrogen) atoms. The topological polar surface area (TPSA) is 29.5 Å². The van der Waals surface area contributed by atoms with Crippen LogP contribution in [0.25, 0.3) is 0 Å². The second-order valence-corrected chi connectivity index (χ2v) is 3.12. The number of rotatable bonds is 4. The number of anilines is 1. The Labute approximate surface area is 90.0 Å². The monoisotopic (exact) mass is 205 g/mol. The summed E-state index contributed by atoms with van der Waals surface area (Å²) in [5, 5.41) is 0. The molecule has 0 N–H and O–H groups in total. The Morgan fingerprint density at radius 1 is 1.60 bits per heavy atom. The van der Waals surface area contributed by atoms with E-state index < -0.39 is 0 Å². The first-order chi connectivity index (χ1) is 7.19. The molecule has 0 aliphatic carbocycles. The maximum absolute atomic E-state index is 11.4. The van der Waals surface area contributed by atoms with E-state index >= 15 is 0 Å². The van der Waals surface area contributed by atoms with Crippen LogP contribution in [0.4, 0.5) is 5.69 Å². The zero-order chi connectivity index (χ0) is 11.3. The van der Waals surface area contributed by atoms with Gasteiger partial charge < -0.3 is 9.64 Å². The van der Waals surface area contributed by atoms with Crippen molar-refractivity contribution in [3.63, 3.8) is 0 Å². The number of hydrogen-bond acceptors (Lipinski definition) is 2. The first-order valence-corrected chi connectivity index (χ1v) is 4.72. The molecule has 0 unspecified atom stereocenters. The number of methoxy groups -OCH3 is 1. The molecule has 80 valence electrons. The normalized spacial score (nSPS) is 9.47. The minimum absolute atomic E-state index is 0.0110. The van der Waals surface area contributed by atoms with Crippen molar-refractivity contribution >= 4 is 11.6 Å². The average Bonchev–Trinajstić information content (AvgIpc) is 2.25. The number of carbonyl (C=O) groups excluding carboxylic acids is 1. The molecule has 0 saturated carbocycles. The maximum Gasteiger partial charge on any atom is 0.224 e. The van der Waals surface area contributed by atoms with Gasteiger partial charge in [0.05, 0.1) is 7.11 Å². The van der Waals surface area contributed by atoms with E-state index in [0.29, 0.717) is 6.54 Å². The Bertz CT molecular complexity index is 360. The first kappa shape index (κ1) is 11.3. The van der Waals surface area contributed by atoms with Gasteiger partial charge in [-0.1, -0.05) is 12.1 Å². The van der Waals surface area contributed by atoms with E-state index in [2.05, 4.69) is 6.58 Å². The molecule has 3 nitrogen and oxygen atoms in total. The molecule has 3 heteroatoms. The number of carbonyl (C=O) groups is 1. The van der Waals surface area contributed by atoms with E-state index in [1.165, 1.54) is 6.92 Å². The Morgan fingerprint density at radius 3 is 2.87 bits per heavy atom. The lowest BCUT2D eigenvalue weighted by Gasteiger charge is -2.19. The molecule has 0 atom stereocenters. The van der Waals surface area contributed by atoms with Gasteiger partial charge in [-0.05, 0) is 12.1 Å². The molecule has 0 aromatic heterocycles. The van der Waals surface area contributed by atoms with Crippen molar-refractivity contribution in [3.8, 4) is 5.75 Å². The van der Waals surface area contributed by atoms with Gasteiger partial charge in [-0.3, -0.25) is 4.79 Å². The zero-order valence-corrected chi connectivity index (χ0v) is 9.06. The van der Waals surface area contributed by atoms with E-state index in [0.717, 1.165) is 11.4 Å². The van der Waals surface area contributed by atoms with E-state index in [1.807, 2.05) is 24.3 Å². The Morgan fingerprint density at radius 2 is 2.33 bits per heavy atom. The third-order valence-corrected chi connectivity index (χ3v) is 2.06. The van der Waals surface area contributed by atoms with Crippen molar-refractivity contribution in [2.75, 3.05) is 18.6 Å². The minimum atomic E-state index is -0.0110. The van der Waals surface area contributed by atoms with Crippen LogP contribution in [0.1, 0.15) is 6.92 Å². The first-order valence-electron chi connectivity index (χ1n) is 4.72. The van der Waals surface area contributed by atoms with Crippen LogP contribution in [0.15, 0.2) is 36.9 Å². The molecule has 0 spiro atoms. The molecule has 0 heterocycles. The Kier molecular flexibility index (Phi) is 3.92. The number of benzene rings is 1. The second kappa shape index (κ2) is 5.20. The molecule has 1 aromatic carbocycles. The van der Waals surface area contributed by atoms with Gasteiger partial charge in [-0.25, -0.2) is 0 Å². The van der Waals surface area contributed by atoms with Crippen LogP contribution >= 0.6 is 0 Å². The molecular formula is C12H15NO2. The molecule has 0 saturated heterocycles. The lowest BCUT2D eigenvalue weighted by Crippen LogP contribution is -2.28. The third kappa shape index (κ3) is 2.84. The number of ether oxygens (including phenoxy) is 1. The van der Waals surface area contributed by atoms with Crippen LogP contribution in [-0.2, 0) is 4.79 Å².